The minimum Gasteiger partial charge on any atom is -0.466 e. The van der Waals surface area contributed by atoms with Gasteiger partial charge in [-0.3, -0.25) is 14.4 Å². The third kappa shape index (κ3) is 12.0. The molecule has 2 bridgehead atoms. The summed E-state index contributed by atoms with van der Waals surface area (Å²) < 4.78 is 40.1. The van der Waals surface area contributed by atoms with Gasteiger partial charge in [-0.05, 0) is 83.2 Å². The predicted molar refractivity (Wildman–Crippen MR) is 255 cm³/mol. The van der Waals surface area contributed by atoms with Crippen LogP contribution in [0.2, 0.25) is 0 Å². The summed E-state index contributed by atoms with van der Waals surface area (Å²) in [6, 6.07) is 14.6. The Hall–Kier alpha value is -5.73. The lowest BCUT2D eigenvalue weighted by Gasteiger charge is -2.64. The Bertz CT molecular complexity index is 2330. The third-order valence-electron chi connectivity index (χ3n) is 14.6. The van der Waals surface area contributed by atoms with Crippen molar-refractivity contribution in [3.63, 3.8) is 0 Å². The number of ether oxygens (including phenoxy) is 7. The molecule has 11 atom stereocenters. The van der Waals surface area contributed by atoms with Gasteiger partial charge in [0.15, 0.2) is 5.78 Å². The number of rotatable bonds is 19. The van der Waals surface area contributed by atoms with Crippen molar-refractivity contribution in [2.24, 2.45) is 22.7 Å². The highest BCUT2D eigenvalue weighted by Crippen LogP contribution is 2.62. The molecule has 19 nitrogen and oxygen atoms in total. The van der Waals surface area contributed by atoms with Crippen molar-refractivity contribution < 1.29 is 82.0 Å². The van der Waals surface area contributed by atoms with E-state index in [9.17, 15) is 48.9 Å². The average molecular weight is 1010 g/mol. The van der Waals surface area contributed by atoms with Crippen LogP contribution in [-0.2, 0) is 57.1 Å². The lowest BCUT2D eigenvalue weighted by atomic mass is 9.46. The average Bonchev–Trinajstić information content (AvgIpc) is 3.31. The predicted octanol–water partition coefficient (Wildman–Crippen LogP) is 4.38. The van der Waals surface area contributed by atoms with Crippen molar-refractivity contribution in [2.45, 2.75) is 148 Å². The number of benzene rings is 2. The molecule has 4 aliphatic rings. The molecule has 2 aromatic carbocycles. The molecule has 3 aliphatic carbocycles. The number of ketones is 1. The summed E-state index contributed by atoms with van der Waals surface area (Å²) in [6.07, 6.45) is -8.36. The van der Waals surface area contributed by atoms with E-state index in [1.54, 1.807) is 90.1 Å². The topological polar surface area (TPSA) is 269 Å². The van der Waals surface area contributed by atoms with Crippen molar-refractivity contribution in [1.82, 2.24) is 10.6 Å². The molecule has 0 spiro atoms. The maximum Gasteiger partial charge on any atom is 0.408 e. The molecule has 0 aromatic heterocycles. The first-order valence-corrected chi connectivity index (χ1v) is 24.6. The summed E-state index contributed by atoms with van der Waals surface area (Å²) in [4.78, 5) is 95.5. The Morgan fingerprint density at radius 3 is 2.18 bits per heavy atom. The van der Waals surface area contributed by atoms with E-state index in [4.69, 9.17) is 33.2 Å². The minimum atomic E-state index is -2.25. The van der Waals surface area contributed by atoms with E-state index < -0.39 is 132 Å². The maximum absolute atomic E-state index is 15.0. The molecule has 2 aromatic rings. The molecule has 2 saturated carbocycles. The highest BCUT2D eigenvalue weighted by Gasteiger charge is 2.72. The Morgan fingerprint density at radius 1 is 0.889 bits per heavy atom. The van der Waals surface area contributed by atoms with Crippen molar-refractivity contribution in [1.29, 1.82) is 0 Å². The number of carbonyl (C=O) groups is 7. The van der Waals surface area contributed by atoms with Crippen LogP contribution in [0.15, 0.2) is 71.8 Å². The second-order valence-corrected chi connectivity index (χ2v) is 20.7. The summed E-state index contributed by atoms with van der Waals surface area (Å²) in [5, 5.41) is 43.0. The molecular formula is C53H70N2O17. The Kier molecular flexibility index (Phi) is 17.8. The minimum absolute atomic E-state index is 0.0398. The largest absolute Gasteiger partial charge is 0.466 e. The first kappa shape index (κ1) is 55.6. The number of alkyl carbamates (subject to hydrolysis) is 1. The number of unbranched alkanes of at least 4 members (excludes halogenated alkanes) is 2. The van der Waals surface area contributed by atoms with Gasteiger partial charge in [0.2, 0.25) is 12.0 Å². The van der Waals surface area contributed by atoms with E-state index in [2.05, 4.69) is 10.6 Å². The molecule has 1 unspecified atom stereocenters. The molecular weight excluding hydrogens is 937 g/mol. The molecule has 6 rings (SSSR count). The van der Waals surface area contributed by atoms with Gasteiger partial charge in [-0.15, -0.1) is 0 Å². The Labute approximate surface area is 419 Å². The van der Waals surface area contributed by atoms with Gasteiger partial charge in [0.25, 0.3) is 0 Å². The number of aliphatic hydroxyl groups excluding tert-OH is 2. The number of fused-ring (bicyclic) bond motifs is 5. The van der Waals surface area contributed by atoms with Crippen LogP contribution in [0.25, 0.3) is 0 Å². The molecule has 0 radical (unpaired) electrons. The molecule has 1 aliphatic heterocycles. The smallest absolute Gasteiger partial charge is 0.408 e. The van der Waals surface area contributed by atoms with E-state index in [-0.39, 0.29) is 54.2 Å². The fourth-order valence-electron chi connectivity index (χ4n) is 10.7. The first-order valence-electron chi connectivity index (χ1n) is 24.6. The zero-order chi connectivity index (χ0) is 52.8. The molecule has 2 amide bonds. The lowest BCUT2D eigenvalue weighted by Crippen LogP contribution is -2.75. The van der Waals surface area contributed by atoms with Crippen LogP contribution >= 0.6 is 0 Å². The van der Waals surface area contributed by atoms with Gasteiger partial charge >= 0.3 is 30.0 Å². The number of amides is 2. The quantitative estimate of drug-likeness (QED) is 0.0566. The fraction of sp³-hybridized carbons (Fsp3) is 0.604. The highest BCUT2D eigenvalue weighted by molar-refractivity contribution is 5.94. The van der Waals surface area contributed by atoms with Crippen molar-refractivity contribution in [3.8, 4) is 0 Å². The molecule has 1 heterocycles. The third-order valence-corrected chi connectivity index (χ3v) is 14.6. The summed E-state index contributed by atoms with van der Waals surface area (Å²) in [6.45, 7) is 12.1. The van der Waals surface area contributed by atoms with Crippen molar-refractivity contribution in [3.05, 3.63) is 82.9 Å². The lowest BCUT2D eigenvalue weighted by molar-refractivity contribution is -0.277. The summed E-state index contributed by atoms with van der Waals surface area (Å²) >= 11 is 0. The van der Waals surface area contributed by atoms with Crippen LogP contribution in [0.5, 0.6) is 0 Å². The molecule has 72 heavy (non-hydrogen) atoms. The molecule has 3 fully saturated rings. The van der Waals surface area contributed by atoms with Gasteiger partial charge in [0.05, 0.1) is 36.4 Å². The van der Waals surface area contributed by atoms with Crippen LogP contribution in [0.4, 0.5) is 4.79 Å². The zero-order valence-electron chi connectivity index (χ0n) is 42.3. The number of aliphatic hydroxyl groups is 3. The second kappa shape index (κ2) is 23.0. The Morgan fingerprint density at radius 2 is 1.56 bits per heavy atom. The van der Waals surface area contributed by atoms with E-state index >= 15 is 0 Å². The maximum atomic E-state index is 15.0. The summed E-state index contributed by atoms with van der Waals surface area (Å²) in [5.74, 6) is -6.50. The van der Waals surface area contributed by atoms with E-state index in [0.29, 0.717) is 25.9 Å². The van der Waals surface area contributed by atoms with Gasteiger partial charge in [0, 0.05) is 43.1 Å². The van der Waals surface area contributed by atoms with Crippen LogP contribution in [-0.4, -0.2) is 138 Å². The zero-order valence-corrected chi connectivity index (χ0v) is 42.3. The van der Waals surface area contributed by atoms with Crippen LogP contribution < -0.4 is 10.6 Å². The van der Waals surface area contributed by atoms with Gasteiger partial charge in [0.1, 0.15) is 48.8 Å². The van der Waals surface area contributed by atoms with E-state index in [1.807, 2.05) is 0 Å². The molecule has 5 N–H and O–H groups in total. The van der Waals surface area contributed by atoms with Gasteiger partial charge in [-0.2, -0.15) is 0 Å². The highest BCUT2D eigenvalue weighted by atomic mass is 16.6. The number of hydrogen-bond donors (Lipinski definition) is 5. The van der Waals surface area contributed by atoms with Crippen LogP contribution in [0.1, 0.15) is 116 Å². The van der Waals surface area contributed by atoms with E-state index in [1.165, 1.54) is 26.0 Å². The first-order chi connectivity index (χ1) is 33.9. The number of Topliss-reactive ketones (excluding diaryl/α,β-unsaturated/α-hetero) is 1. The number of hydrogen-bond acceptors (Lipinski definition) is 17. The van der Waals surface area contributed by atoms with Crippen LogP contribution in [0.3, 0.4) is 0 Å². The summed E-state index contributed by atoms with van der Waals surface area (Å²) in [7, 11) is 0. The second-order valence-electron chi connectivity index (χ2n) is 20.7. The van der Waals surface area contributed by atoms with Crippen molar-refractivity contribution in [2.75, 3.05) is 33.0 Å². The number of nitrogens with one attached hydrogen (secondary N) is 2. The van der Waals surface area contributed by atoms with Gasteiger partial charge in [-0.25, -0.2) is 19.2 Å². The molecule has 19 heteroatoms. The van der Waals surface area contributed by atoms with Crippen molar-refractivity contribution >= 4 is 41.7 Å². The van der Waals surface area contributed by atoms with Gasteiger partial charge in [-0.1, -0.05) is 68.8 Å². The SMILES string of the molecule is CCOC(=O)CCCCCNC(=O)COCC(=O)O[C@@H](C(=O)O[C@H]1C[C@@]2(O)[C@@H](OC(=O)c3ccccc3)[C@@H]3[C@@H]4CO[C@@H]4C[C@H](O)[C@@]3(C)C(=O)[C@H](O)C(=C1C)C2(C)C)C(NC(=O)OC(C)(C)C)c1ccccc1. The number of carbonyl (C=O) groups excluding carboxylic acids is 7. The van der Waals surface area contributed by atoms with Crippen LogP contribution in [0, 0.1) is 22.7 Å². The normalized spacial score (nSPS) is 28.2. The van der Waals surface area contributed by atoms with E-state index in [0.717, 1.165) is 0 Å². The van der Waals surface area contributed by atoms with Gasteiger partial charge < -0.3 is 59.1 Å². The summed E-state index contributed by atoms with van der Waals surface area (Å²) in [5.41, 5.74) is -6.09. The molecule has 394 valence electrons. The fourth-order valence-corrected chi connectivity index (χ4v) is 10.7. The molecule has 1 saturated heterocycles. The standard InChI is InChI=1S/C53H70N2O17/c1-9-67-38(58)23-17-12-18-24-54-37(57)28-66-29-39(59)70-44(42(31-19-13-10-14-20-31)55-49(64)72-50(3,4)5)48(63)69-35-26-53(65)46(71-47(62)32-21-15-11-16-22-32)41-33-27-68-34(33)25-36(56)52(41,8)45(61)43(60)40(30(35)2)51(53,6)7/h10-11,13-16,19-22,33-36,41-44,46,56,60,65H,9,12,17-18,23-29H2,1-8H3,(H,54,57)(H,55,64)/t33-,34-,35+,36+,41+,42?,43-,44-,46+,52-,53-/m1/s1. The number of esters is 4. The Balaban J connectivity index is 1.32. The monoisotopic (exact) mass is 1010 g/mol.